The molecule has 0 unspecified atom stereocenters. The van der Waals surface area contributed by atoms with Gasteiger partial charge in [-0.05, 0) is 12.1 Å². The van der Waals surface area contributed by atoms with E-state index in [1.54, 1.807) is 35.4 Å². The fraction of sp³-hybridized carbons (Fsp3) is 0. The number of amides is 1. The lowest BCUT2D eigenvalue weighted by atomic mass is 10.3. The van der Waals surface area contributed by atoms with E-state index in [2.05, 4.69) is 25.9 Å². The molecule has 6 heteroatoms. The van der Waals surface area contributed by atoms with Gasteiger partial charge in [0.05, 0.1) is 0 Å². The van der Waals surface area contributed by atoms with Crippen molar-refractivity contribution in [2.45, 2.75) is 0 Å². The van der Waals surface area contributed by atoms with E-state index in [-0.39, 0.29) is 5.69 Å². The lowest BCUT2D eigenvalue weighted by Gasteiger charge is -2.03. The van der Waals surface area contributed by atoms with E-state index < -0.39 is 5.91 Å². The minimum atomic E-state index is -0.558. The molecule has 0 bridgehead atoms. The molecule has 15 heavy (non-hydrogen) atoms. The molecule has 0 saturated heterocycles. The average molecular weight is 267 g/mol. The minimum absolute atomic E-state index is 0.216. The second-order valence-electron chi connectivity index (χ2n) is 2.86. The highest BCUT2D eigenvalue weighted by molar-refractivity contribution is 9.10. The first-order chi connectivity index (χ1) is 7.16. The zero-order chi connectivity index (χ0) is 10.8. The van der Waals surface area contributed by atoms with Crippen LogP contribution in [0.25, 0.3) is 5.82 Å². The highest BCUT2D eigenvalue weighted by Gasteiger charge is 2.06. The molecule has 2 aromatic rings. The molecule has 2 aromatic heterocycles. The maximum Gasteiger partial charge on any atom is 0.267 e. The Morgan fingerprint density at radius 1 is 1.47 bits per heavy atom. The van der Waals surface area contributed by atoms with E-state index >= 15 is 0 Å². The van der Waals surface area contributed by atoms with Crippen molar-refractivity contribution in [3.05, 3.63) is 41.0 Å². The average Bonchev–Trinajstić information content (AvgIpc) is 2.69. The number of primary amides is 1. The van der Waals surface area contributed by atoms with Crippen LogP contribution in [0.3, 0.4) is 0 Å². The molecule has 2 rings (SSSR count). The normalized spacial score (nSPS) is 10.2. The van der Waals surface area contributed by atoms with Gasteiger partial charge in [0.25, 0.3) is 5.91 Å². The van der Waals surface area contributed by atoms with Gasteiger partial charge in [0, 0.05) is 16.9 Å². The van der Waals surface area contributed by atoms with Crippen LogP contribution in [-0.2, 0) is 0 Å². The molecule has 76 valence electrons. The van der Waals surface area contributed by atoms with Crippen LogP contribution in [0.4, 0.5) is 0 Å². The monoisotopic (exact) mass is 266 g/mol. The summed E-state index contributed by atoms with van der Waals surface area (Å²) in [7, 11) is 0. The summed E-state index contributed by atoms with van der Waals surface area (Å²) in [6, 6.07) is 3.34. The van der Waals surface area contributed by atoms with Crippen molar-refractivity contribution >= 4 is 21.8 Å². The lowest BCUT2D eigenvalue weighted by Crippen LogP contribution is -2.14. The molecule has 0 aliphatic carbocycles. The third-order valence-electron chi connectivity index (χ3n) is 1.80. The fourth-order valence-corrected chi connectivity index (χ4v) is 1.56. The topological polar surface area (TPSA) is 73.8 Å². The molecular formula is C9H7BrN4O. The molecule has 0 atom stereocenters. The van der Waals surface area contributed by atoms with Crippen LogP contribution in [0.2, 0.25) is 0 Å². The van der Waals surface area contributed by atoms with Gasteiger partial charge in [-0.3, -0.25) is 9.36 Å². The summed E-state index contributed by atoms with van der Waals surface area (Å²) >= 11 is 3.29. The van der Waals surface area contributed by atoms with Crippen LogP contribution in [0.1, 0.15) is 10.5 Å². The number of carbonyl (C=O) groups excluding carboxylic acids is 1. The van der Waals surface area contributed by atoms with Crippen molar-refractivity contribution < 1.29 is 4.79 Å². The summed E-state index contributed by atoms with van der Waals surface area (Å²) in [6.45, 7) is 0. The third kappa shape index (κ3) is 2.04. The summed E-state index contributed by atoms with van der Waals surface area (Å²) in [5, 5.41) is 0. The van der Waals surface area contributed by atoms with Crippen molar-refractivity contribution in [2.75, 3.05) is 0 Å². The van der Waals surface area contributed by atoms with Crippen LogP contribution in [0.15, 0.2) is 35.3 Å². The molecule has 0 aliphatic rings. The number of rotatable bonds is 2. The molecule has 0 radical (unpaired) electrons. The molecule has 2 heterocycles. The van der Waals surface area contributed by atoms with Crippen molar-refractivity contribution in [1.82, 2.24) is 14.5 Å². The Labute approximate surface area is 94.1 Å². The first-order valence-corrected chi connectivity index (χ1v) is 4.92. The number of nitrogens with zero attached hydrogens (tertiary/aromatic N) is 3. The largest absolute Gasteiger partial charge is 0.364 e. The fourth-order valence-electron chi connectivity index (χ4n) is 1.14. The van der Waals surface area contributed by atoms with Gasteiger partial charge in [-0.25, -0.2) is 9.97 Å². The molecule has 0 aliphatic heterocycles. The number of nitrogens with two attached hydrogens (primary N) is 1. The molecule has 0 saturated carbocycles. The number of aromatic nitrogens is 3. The van der Waals surface area contributed by atoms with E-state index in [1.165, 1.54) is 0 Å². The molecule has 2 N–H and O–H groups in total. The van der Waals surface area contributed by atoms with Gasteiger partial charge in [0.2, 0.25) is 0 Å². The van der Waals surface area contributed by atoms with Crippen LogP contribution in [0.5, 0.6) is 0 Å². The molecular weight excluding hydrogens is 260 g/mol. The predicted octanol–water partition coefficient (Wildman–Crippen LogP) is 1.13. The van der Waals surface area contributed by atoms with E-state index in [1.807, 2.05) is 0 Å². The van der Waals surface area contributed by atoms with Gasteiger partial charge in [-0.2, -0.15) is 0 Å². The summed E-state index contributed by atoms with van der Waals surface area (Å²) in [5.41, 5.74) is 5.37. The van der Waals surface area contributed by atoms with Crippen molar-refractivity contribution in [3.63, 3.8) is 0 Å². The Balaban J connectivity index is 2.54. The Morgan fingerprint density at radius 3 is 2.87 bits per heavy atom. The van der Waals surface area contributed by atoms with Gasteiger partial charge < -0.3 is 5.73 Å². The smallest absolute Gasteiger partial charge is 0.267 e. The third-order valence-corrected chi connectivity index (χ3v) is 2.26. The summed E-state index contributed by atoms with van der Waals surface area (Å²) in [5.74, 6) is 0.0355. The number of halogens is 1. The van der Waals surface area contributed by atoms with Gasteiger partial charge in [0.15, 0.2) is 0 Å². The Hall–Kier alpha value is -1.69. The van der Waals surface area contributed by atoms with E-state index in [4.69, 9.17) is 5.73 Å². The van der Waals surface area contributed by atoms with E-state index in [0.29, 0.717) is 5.82 Å². The zero-order valence-corrected chi connectivity index (χ0v) is 9.18. The highest BCUT2D eigenvalue weighted by atomic mass is 79.9. The van der Waals surface area contributed by atoms with E-state index in [9.17, 15) is 4.79 Å². The highest BCUT2D eigenvalue weighted by Crippen LogP contribution is 2.15. The summed E-state index contributed by atoms with van der Waals surface area (Å²) in [6.07, 6.45) is 4.96. The maximum atomic E-state index is 11.0. The molecule has 5 nitrogen and oxygen atoms in total. The molecule has 1 amide bonds. The number of hydrogen-bond donors (Lipinski definition) is 1. The molecule has 0 aromatic carbocycles. The Morgan fingerprint density at radius 2 is 2.27 bits per heavy atom. The lowest BCUT2D eigenvalue weighted by molar-refractivity contribution is 0.0995. The number of hydrogen-bond acceptors (Lipinski definition) is 3. The second-order valence-corrected chi connectivity index (χ2v) is 3.78. The number of pyridine rings is 1. The van der Waals surface area contributed by atoms with Crippen LogP contribution >= 0.6 is 15.9 Å². The zero-order valence-electron chi connectivity index (χ0n) is 7.59. The standard InChI is InChI=1S/C9H7BrN4O/c10-6-3-7(9(11)15)13-8(4-6)14-2-1-12-5-14/h1-5H,(H2,11,15). The van der Waals surface area contributed by atoms with Crippen LogP contribution < -0.4 is 5.73 Å². The SMILES string of the molecule is NC(=O)c1cc(Br)cc(-n2ccnc2)n1. The second kappa shape index (κ2) is 3.82. The van der Waals surface area contributed by atoms with Crippen molar-refractivity contribution in [3.8, 4) is 5.82 Å². The predicted molar refractivity (Wildman–Crippen MR) is 57.6 cm³/mol. The summed E-state index contributed by atoms with van der Waals surface area (Å²) in [4.78, 5) is 19.0. The first kappa shape index (κ1) is 9.85. The van der Waals surface area contributed by atoms with Gasteiger partial charge >= 0.3 is 0 Å². The van der Waals surface area contributed by atoms with Crippen molar-refractivity contribution in [1.29, 1.82) is 0 Å². The van der Waals surface area contributed by atoms with Gasteiger partial charge in [-0.15, -0.1) is 0 Å². The van der Waals surface area contributed by atoms with Crippen LogP contribution in [-0.4, -0.2) is 20.4 Å². The number of imidazole rings is 1. The molecule has 0 spiro atoms. The van der Waals surface area contributed by atoms with E-state index in [0.717, 1.165) is 4.47 Å². The van der Waals surface area contributed by atoms with Gasteiger partial charge in [0.1, 0.15) is 17.8 Å². The number of carbonyl (C=O) groups is 1. The minimum Gasteiger partial charge on any atom is -0.364 e. The maximum absolute atomic E-state index is 11.0. The first-order valence-electron chi connectivity index (χ1n) is 4.12. The van der Waals surface area contributed by atoms with Crippen LogP contribution in [0, 0.1) is 0 Å². The molecule has 0 fully saturated rings. The van der Waals surface area contributed by atoms with Gasteiger partial charge in [-0.1, -0.05) is 15.9 Å². The summed E-state index contributed by atoms with van der Waals surface area (Å²) < 4.78 is 2.44. The Kier molecular flexibility index (Phi) is 2.51. The quantitative estimate of drug-likeness (QED) is 0.886. The Bertz CT molecular complexity index is 495. The van der Waals surface area contributed by atoms with Crippen molar-refractivity contribution in [2.24, 2.45) is 5.73 Å².